The Kier molecular flexibility index (Phi) is 50.7. The maximum absolute atomic E-state index is 7.00. The van der Waals surface area contributed by atoms with Crippen LogP contribution >= 0.6 is 0 Å². The third-order valence-electron chi connectivity index (χ3n) is 7.32. The Bertz CT molecular complexity index is 1580. The van der Waals surface area contributed by atoms with Crippen LogP contribution in [0.3, 0.4) is 0 Å². The molecule has 0 unspecified atom stereocenters. The second kappa shape index (κ2) is 43.0. The van der Waals surface area contributed by atoms with Gasteiger partial charge in [-0.3, -0.25) is 0 Å². The second-order valence-corrected chi connectivity index (χ2v) is 8.97. The van der Waals surface area contributed by atoms with Gasteiger partial charge >= 0.3 is 0 Å². The molecular formula is C49H74O4Y2. The van der Waals surface area contributed by atoms with Crippen molar-refractivity contribution in [1.82, 2.24) is 0 Å². The van der Waals surface area contributed by atoms with Crippen LogP contribution in [0.25, 0.3) is 32.7 Å². The van der Waals surface area contributed by atoms with Gasteiger partial charge in [-0.25, -0.2) is 0 Å². The van der Waals surface area contributed by atoms with Gasteiger partial charge in [-0.1, -0.05) is 204 Å². The normalized spacial score (nSPS) is 9.31. The van der Waals surface area contributed by atoms with Crippen LogP contribution in [-0.4, -0.2) is 48.9 Å². The van der Waals surface area contributed by atoms with Gasteiger partial charge in [-0.05, 0) is 67.1 Å². The molecule has 1 aliphatic carbocycles. The predicted octanol–water partition coefficient (Wildman–Crippen LogP) is 12.9. The van der Waals surface area contributed by atoms with Crippen molar-refractivity contribution >= 4 is 21.5 Å². The summed E-state index contributed by atoms with van der Waals surface area (Å²) in [7, 11) is 4.00. The van der Waals surface area contributed by atoms with E-state index in [1.807, 2.05) is 83.1 Å². The first kappa shape index (κ1) is 64.8. The van der Waals surface area contributed by atoms with Gasteiger partial charge in [-0.15, -0.1) is 0 Å². The van der Waals surface area contributed by atoms with E-state index >= 15 is 0 Å². The Morgan fingerprint density at radius 3 is 0.818 bits per heavy atom. The molecule has 6 aromatic rings. The summed E-state index contributed by atoms with van der Waals surface area (Å²) in [6, 6.07) is 49.2. The fourth-order valence-corrected chi connectivity index (χ4v) is 5.87. The summed E-state index contributed by atoms with van der Waals surface area (Å²) in [5, 5.41) is 33.1. The summed E-state index contributed by atoms with van der Waals surface area (Å²) in [6.07, 6.45) is 0. The molecule has 1 aliphatic rings. The summed E-state index contributed by atoms with van der Waals surface area (Å²) in [5.41, 5.74) is 7.64. The third kappa shape index (κ3) is 16.7. The summed E-state index contributed by atoms with van der Waals surface area (Å²) in [5.74, 6) is 0. The molecule has 0 saturated carbocycles. The first-order valence-electron chi connectivity index (χ1n) is 19.3. The van der Waals surface area contributed by atoms with Gasteiger partial charge in [0.15, 0.2) is 0 Å². The Balaban J connectivity index is -0.000000240. The molecule has 0 aliphatic heterocycles. The number of hydrogen-bond donors (Lipinski definition) is 4. The maximum Gasteiger partial charge on any atom is 0.0714 e. The van der Waals surface area contributed by atoms with Crippen LogP contribution in [-0.2, 0) is 70.8 Å². The molecule has 4 N–H and O–H groups in total. The zero-order valence-corrected chi connectivity index (χ0v) is 42.8. The minimum atomic E-state index is -0.360. The Hall–Kier alpha value is -2.11. The molecule has 2 radical (unpaired) electrons. The molecule has 0 bridgehead atoms. The first-order chi connectivity index (χ1) is 26.4. The molecule has 0 amide bonds. The van der Waals surface area contributed by atoms with Crippen LogP contribution < -0.4 is 0 Å². The van der Waals surface area contributed by atoms with Crippen LogP contribution in [0.5, 0.6) is 0 Å². The number of aliphatic hydroxyl groups excluding tert-OH is 4. The van der Waals surface area contributed by atoms with Gasteiger partial charge in [0.2, 0.25) is 0 Å². The van der Waals surface area contributed by atoms with Crippen molar-refractivity contribution in [3.63, 3.8) is 0 Å². The molecule has 7 rings (SSSR count). The minimum absolute atomic E-state index is 0. The molecule has 4 nitrogen and oxygen atoms in total. The van der Waals surface area contributed by atoms with Crippen molar-refractivity contribution in [2.24, 2.45) is 0 Å². The molecule has 300 valence electrons. The molecule has 0 fully saturated rings. The summed E-state index contributed by atoms with van der Waals surface area (Å²) < 4.78 is 0. The van der Waals surface area contributed by atoms with E-state index in [9.17, 15) is 0 Å². The van der Waals surface area contributed by atoms with Crippen LogP contribution in [0.1, 0.15) is 105 Å². The van der Waals surface area contributed by atoms with Gasteiger partial charge in [0.1, 0.15) is 0 Å². The van der Waals surface area contributed by atoms with Crippen molar-refractivity contribution in [2.75, 3.05) is 28.4 Å². The number of hydrogen-bond acceptors (Lipinski definition) is 4. The van der Waals surface area contributed by atoms with Crippen LogP contribution in [0.4, 0.5) is 0 Å². The largest absolute Gasteiger partial charge is 0.400 e. The van der Waals surface area contributed by atoms with Gasteiger partial charge in [0, 0.05) is 93.9 Å². The van der Waals surface area contributed by atoms with Gasteiger partial charge in [0.05, 0.1) is 5.41 Å². The van der Waals surface area contributed by atoms with Gasteiger partial charge < -0.3 is 20.4 Å². The fourth-order valence-electron chi connectivity index (χ4n) is 5.87. The smallest absolute Gasteiger partial charge is 0.0714 e. The zero-order valence-electron chi connectivity index (χ0n) is 37.1. The molecule has 55 heavy (non-hydrogen) atoms. The molecule has 0 heterocycles. The van der Waals surface area contributed by atoms with E-state index < -0.39 is 0 Å². The van der Waals surface area contributed by atoms with Crippen LogP contribution in [0.2, 0.25) is 0 Å². The quantitative estimate of drug-likeness (QED) is 0.139. The summed E-state index contributed by atoms with van der Waals surface area (Å²) in [4.78, 5) is 0. The average molecular weight is 905 g/mol. The molecule has 6 aromatic carbocycles. The van der Waals surface area contributed by atoms with Crippen molar-refractivity contribution in [2.45, 2.75) is 88.5 Å². The fraction of sp³-hybridized carbons (Fsp3) is 0.347. The Morgan fingerprint density at radius 1 is 0.291 bits per heavy atom. The van der Waals surface area contributed by atoms with E-state index in [0.717, 1.165) is 28.4 Å². The van der Waals surface area contributed by atoms with Crippen LogP contribution in [0.15, 0.2) is 133 Å². The molecule has 0 spiro atoms. The van der Waals surface area contributed by atoms with Crippen LogP contribution in [0, 0.1) is 0 Å². The van der Waals surface area contributed by atoms with E-state index in [0.29, 0.717) is 0 Å². The number of fused-ring (bicyclic) bond motifs is 5. The van der Waals surface area contributed by atoms with Crippen molar-refractivity contribution in [1.29, 1.82) is 0 Å². The van der Waals surface area contributed by atoms with E-state index in [1.165, 1.54) is 54.9 Å². The zero-order chi connectivity index (χ0) is 41.8. The van der Waals surface area contributed by atoms with Crippen molar-refractivity contribution in [3.8, 4) is 11.1 Å². The molecule has 0 atom stereocenters. The van der Waals surface area contributed by atoms with E-state index in [2.05, 4.69) is 133 Å². The topological polar surface area (TPSA) is 80.9 Å². The molecule has 0 saturated heterocycles. The molecule has 6 heteroatoms. The SMILES string of the molecule is CC.CC.CC.CC.CC.CC.CO.CO.CO.CO.[Y].[Y].c1ccc2c(c1)-c1ccccc1C2(c1ccc2ccccc2c1)c1ccc2ccccc2c1. The van der Waals surface area contributed by atoms with E-state index in [1.54, 1.807) is 0 Å². The summed E-state index contributed by atoms with van der Waals surface area (Å²) >= 11 is 0. The Morgan fingerprint density at radius 2 is 0.527 bits per heavy atom. The Labute approximate surface area is 387 Å². The first-order valence-corrected chi connectivity index (χ1v) is 19.3. The average Bonchev–Trinajstić information content (AvgIpc) is 3.61. The van der Waals surface area contributed by atoms with Gasteiger partial charge in [-0.2, -0.15) is 0 Å². The molecule has 0 aromatic heterocycles. The molecular weight excluding hydrogens is 830 g/mol. The van der Waals surface area contributed by atoms with E-state index in [-0.39, 0.29) is 70.8 Å². The predicted molar refractivity (Wildman–Crippen MR) is 239 cm³/mol. The minimum Gasteiger partial charge on any atom is -0.400 e. The number of aliphatic hydroxyl groups is 4. The van der Waals surface area contributed by atoms with Crippen molar-refractivity contribution in [3.05, 3.63) is 156 Å². The number of rotatable bonds is 2. The monoisotopic (exact) mass is 904 g/mol. The summed E-state index contributed by atoms with van der Waals surface area (Å²) in [6.45, 7) is 24.0. The standard InChI is InChI=1S/C33H22.6C2H6.4CH4O.2Y/c1-3-11-25-21-27(19-17-23(25)9-1)33(28-20-18-24-10-2-4-12-26(24)22-28)31-15-7-5-13-29(31)30-14-6-8-16-32(30)33;10*1-2;;/h1-22H;6*1-2H3;4*2H,1H3;;. The number of benzene rings is 6. The van der Waals surface area contributed by atoms with Gasteiger partial charge in [0.25, 0.3) is 0 Å². The second-order valence-electron chi connectivity index (χ2n) is 8.97. The third-order valence-corrected chi connectivity index (χ3v) is 7.32. The van der Waals surface area contributed by atoms with Crippen molar-refractivity contribution < 1.29 is 85.8 Å². The van der Waals surface area contributed by atoms with E-state index in [4.69, 9.17) is 20.4 Å². The maximum atomic E-state index is 7.00.